The number of phenols is 1. The van der Waals surface area contributed by atoms with Crippen LogP contribution in [0.2, 0.25) is 0 Å². The summed E-state index contributed by atoms with van der Waals surface area (Å²) in [6.07, 6.45) is 1.54. The number of aromatic amines is 1. The maximum absolute atomic E-state index is 11.8. The number of nitrogens with one attached hydrogen (secondary N) is 2. The van der Waals surface area contributed by atoms with Crippen molar-refractivity contribution < 1.29 is 9.84 Å². The number of aromatic hydroxyl groups is 1. The van der Waals surface area contributed by atoms with Crippen molar-refractivity contribution in [1.29, 1.82) is 0 Å². The second-order valence-electron chi connectivity index (χ2n) is 5.38. The van der Waals surface area contributed by atoms with Gasteiger partial charge in [-0.1, -0.05) is 30.3 Å². The molecule has 7 heteroatoms. The first-order chi connectivity index (χ1) is 12.7. The Bertz CT molecular complexity index is 968. The zero-order chi connectivity index (χ0) is 18.4. The summed E-state index contributed by atoms with van der Waals surface area (Å²) in [7, 11) is 0. The number of phenolic OH excluding ortho intramolecular Hbond substituents is 1. The Morgan fingerprint density at radius 1 is 1.23 bits per heavy atom. The molecule has 7 nitrogen and oxygen atoms in total. The molecule has 0 aliphatic heterocycles. The minimum Gasteiger partial charge on any atom is -0.504 e. The number of rotatable bonds is 6. The van der Waals surface area contributed by atoms with Crippen molar-refractivity contribution in [2.24, 2.45) is 5.10 Å². The SMILES string of the molecule is CCOc1cc(/C=N/Nc2nc(-c3ccccc3)cc(=O)[nH]2)ccc1O. The fraction of sp³-hybridized carbons (Fsp3) is 0.105. The van der Waals surface area contributed by atoms with E-state index in [4.69, 9.17) is 4.74 Å². The Balaban J connectivity index is 1.78. The van der Waals surface area contributed by atoms with Gasteiger partial charge < -0.3 is 9.84 Å². The number of hydrazone groups is 1. The summed E-state index contributed by atoms with van der Waals surface area (Å²) in [5.74, 6) is 0.684. The third kappa shape index (κ3) is 4.27. The minimum absolute atomic E-state index is 0.0681. The fourth-order valence-corrected chi connectivity index (χ4v) is 2.32. The van der Waals surface area contributed by atoms with E-state index in [2.05, 4.69) is 20.5 Å². The van der Waals surface area contributed by atoms with Gasteiger partial charge in [0.05, 0.1) is 18.5 Å². The number of nitrogens with zero attached hydrogens (tertiary/aromatic N) is 2. The van der Waals surface area contributed by atoms with E-state index in [-0.39, 0.29) is 17.3 Å². The van der Waals surface area contributed by atoms with E-state index >= 15 is 0 Å². The summed E-state index contributed by atoms with van der Waals surface area (Å²) in [4.78, 5) is 18.8. The third-order valence-electron chi connectivity index (χ3n) is 3.48. The molecule has 0 unspecified atom stereocenters. The molecule has 0 spiro atoms. The van der Waals surface area contributed by atoms with Crippen molar-refractivity contribution >= 4 is 12.2 Å². The molecule has 132 valence electrons. The molecule has 1 aromatic heterocycles. The highest BCUT2D eigenvalue weighted by atomic mass is 16.5. The van der Waals surface area contributed by atoms with Crippen molar-refractivity contribution in [2.75, 3.05) is 12.0 Å². The van der Waals surface area contributed by atoms with E-state index in [1.807, 2.05) is 37.3 Å². The van der Waals surface area contributed by atoms with E-state index in [9.17, 15) is 9.90 Å². The van der Waals surface area contributed by atoms with E-state index in [1.54, 1.807) is 12.1 Å². The van der Waals surface area contributed by atoms with Gasteiger partial charge in [-0.2, -0.15) is 5.10 Å². The lowest BCUT2D eigenvalue weighted by molar-refractivity contribution is 0.318. The van der Waals surface area contributed by atoms with Crippen LogP contribution in [0.25, 0.3) is 11.3 Å². The number of hydrogen-bond acceptors (Lipinski definition) is 6. The number of ether oxygens (including phenoxy) is 1. The Hall–Kier alpha value is -3.61. The average Bonchev–Trinajstić information content (AvgIpc) is 2.65. The lowest BCUT2D eigenvalue weighted by Gasteiger charge is -2.06. The van der Waals surface area contributed by atoms with Crippen LogP contribution < -0.4 is 15.7 Å². The minimum atomic E-state index is -0.278. The Morgan fingerprint density at radius 2 is 2.04 bits per heavy atom. The van der Waals surface area contributed by atoms with E-state index in [0.29, 0.717) is 18.1 Å². The highest BCUT2D eigenvalue weighted by molar-refractivity contribution is 5.81. The largest absolute Gasteiger partial charge is 0.504 e. The highest BCUT2D eigenvalue weighted by Gasteiger charge is 2.04. The predicted octanol–water partition coefficient (Wildman–Crippen LogP) is 2.99. The molecular weight excluding hydrogens is 332 g/mol. The maximum atomic E-state index is 11.8. The smallest absolute Gasteiger partial charge is 0.252 e. The molecule has 26 heavy (non-hydrogen) atoms. The van der Waals surface area contributed by atoms with Crippen LogP contribution >= 0.6 is 0 Å². The first-order valence-corrected chi connectivity index (χ1v) is 8.07. The number of benzene rings is 2. The van der Waals surface area contributed by atoms with Crippen molar-refractivity contribution in [3.63, 3.8) is 0 Å². The van der Waals surface area contributed by atoms with Gasteiger partial charge in [0.15, 0.2) is 11.5 Å². The zero-order valence-electron chi connectivity index (χ0n) is 14.1. The fourth-order valence-electron chi connectivity index (χ4n) is 2.32. The van der Waals surface area contributed by atoms with Crippen molar-refractivity contribution in [2.45, 2.75) is 6.92 Å². The van der Waals surface area contributed by atoms with E-state index < -0.39 is 0 Å². The molecular formula is C19H18N4O3. The van der Waals surface area contributed by atoms with Gasteiger partial charge in [0.1, 0.15) is 0 Å². The molecule has 2 aromatic carbocycles. The summed E-state index contributed by atoms with van der Waals surface area (Å²) < 4.78 is 5.33. The molecule has 0 bridgehead atoms. The number of H-pyrrole nitrogens is 1. The molecule has 0 aliphatic rings. The normalized spacial score (nSPS) is 10.8. The van der Waals surface area contributed by atoms with Crippen LogP contribution in [0.4, 0.5) is 5.95 Å². The lowest BCUT2D eigenvalue weighted by Crippen LogP contribution is -2.10. The molecule has 0 saturated heterocycles. The standard InChI is InChI=1S/C19H18N4O3/c1-2-26-17-10-13(8-9-16(17)24)12-20-23-19-21-15(11-18(25)22-19)14-6-4-3-5-7-14/h3-12,24H,2H2,1H3,(H2,21,22,23,25)/b20-12+. The van der Waals surface area contributed by atoms with Crippen LogP contribution in [-0.4, -0.2) is 27.9 Å². The van der Waals surface area contributed by atoms with Gasteiger partial charge in [-0.25, -0.2) is 10.4 Å². The van der Waals surface area contributed by atoms with Gasteiger partial charge in [0.2, 0.25) is 5.95 Å². The molecule has 3 N–H and O–H groups in total. The van der Waals surface area contributed by atoms with Gasteiger partial charge in [0, 0.05) is 11.6 Å². The first kappa shape index (κ1) is 17.2. The second-order valence-corrected chi connectivity index (χ2v) is 5.38. The van der Waals surface area contributed by atoms with Gasteiger partial charge in [-0.15, -0.1) is 0 Å². The highest BCUT2D eigenvalue weighted by Crippen LogP contribution is 2.26. The molecule has 0 fully saturated rings. The average molecular weight is 350 g/mol. The summed E-state index contributed by atoms with van der Waals surface area (Å²) in [5, 5.41) is 13.8. The first-order valence-electron chi connectivity index (χ1n) is 8.07. The van der Waals surface area contributed by atoms with E-state index in [0.717, 1.165) is 11.1 Å². The van der Waals surface area contributed by atoms with Crippen LogP contribution in [0, 0.1) is 0 Å². The van der Waals surface area contributed by atoms with Crippen molar-refractivity contribution in [1.82, 2.24) is 9.97 Å². The van der Waals surface area contributed by atoms with Gasteiger partial charge in [-0.3, -0.25) is 9.78 Å². The Labute approximate surface area is 150 Å². The number of hydrogen-bond donors (Lipinski definition) is 3. The van der Waals surface area contributed by atoms with Crippen LogP contribution in [0.5, 0.6) is 11.5 Å². The number of aromatic nitrogens is 2. The van der Waals surface area contributed by atoms with Crippen molar-refractivity contribution in [3.05, 3.63) is 70.5 Å². The topological polar surface area (TPSA) is 99.6 Å². The Kier molecular flexibility index (Phi) is 5.28. The van der Waals surface area contributed by atoms with Crippen LogP contribution in [-0.2, 0) is 0 Å². The van der Waals surface area contributed by atoms with Gasteiger partial charge >= 0.3 is 0 Å². The maximum Gasteiger partial charge on any atom is 0.252 e. The predicted molar refractivity (Wildman–Crippen MR) is 101 cm³/mol. The van der Waals surface area contributed by atoms with Crippen LogP contribution in [0.1, 0.15) is 12.5 Å². The summed E-state index contributed by atoms with van der Waals surface area (Å²) in [6.45, 7) is 2.29. The number of anilines is 1. The molecule has 0 atom stereocenters. The zero-order valence-corrected chi connectivity index (χ0v) is 14.1. The Morgan fingerprint density at radius 3 is 2.81 bits per heavy atom. The second kappa shape index (κ2) is 7.98. The summed E-state index contributed by atoms with van der Waals surface area (Å²) >= 11 is 0. The van der Waals surface area contributed by atoms with Crippen LogP contribution in [0.15, 0.2) is 64.5 Å². The summed E-state index contributed by atoms with van der Waals surface area (Å²) in [5.41, 5.74) is 4.54. The molecule has 0 amide bonds. The van der Waals surface area contributed by atoms with Crippen LogP contribution in [0.3, 0.4) is 0 Å². The van der Waals surface area contributed by atoms with Crippen molar-refractivity contribution in [3.8, 4) is 22.8 Å². The molecule has 0 aliphatic carbocycles. The molecule has 0 radical (unpaired) electrons. The monoisotopic (exact) mass is 350 g/mol. The summed E-state index contributed by atoms with van der Waals surface area (Å²) in [6, 6.07) is 15.7. The lowest BCUT2D eigenvalue weighted by atomic mass is 10.1. The third-order valence-corrected chi connectivity index (χ3v) is 3.48. The van der Waals surface area contributed by atoms with Gasteiger partial charge in [0.25, 0.3) is 5.56 Å². The molecule has 1 heterocycles. The molecule has 0 saturated carbocycles. The van der Waals surface area contributed by atoms with Gasteiger partial charge in [-0.05, 0) is 30.7 Å². The quantitative estimate of drug-likeness (QED) is 0.469. The molecule has 3 rings (SSSR count). The molecule has 3 aromatic rings. The van der Waals surface area contributed by atoms with E-state index in [1.165, 1.54) is 18.3 Å².